The highest BCUT2D eigenvalue weighted by atomic mass is 79.9. The Bertz CT molecular complexity index is 1160. The monoisotopic (exact) mass is 449 g/mol. The number of nitro benzene ring substituents is 1. The average Bonchev–Trinajstić information content (AvgIpc) is 2.91. The van der Waals surface area contributed by atoms with Crippen LogP contribution in [0.2, 0.25) is 5.02 Å². The van der Waals surface area contributed by atoms with Gasteiger partial charge in [-0.25, -0.2) is 0 Å². The van der Waals surface area contributed by atoms with Gasteiger partial charge in [0, 0.05) is 16.6 Å². The van der Waals surface area contributed by atoms with E-state index in [9.17, 15) is 14.9 Å². The quantitative estimate of drug-likeness (QED) is 0.337. The zero-order chi connectivity index (χ0) is 18.8. The lowest BCUT2D eigenvalue weighted by Gasteiger charge is -2.01. The summed E-state index contributed by atoms with van der Waals surface area (Å²) < 4.78 is 3.51. The zero-order valence-corrected chi connectivity index (χ0v) is 16.1. The fourth-order valence-corrected chi connectivity index (χ4v) is 4.09. The first-order valence-electron chi connectivity index (χ1n) is 7.16. The molecule has 1 amide bonds. The molecule has 0 atom stereocenters. The minimum atomic E-state index is -0.671. The van der Waals surface area contributed by atoms with E-state index in [1.54, 1.807) is 4.57 Å². The summed E-state index contributed by atoms with van der Waals surface area (Å²) in [6, 6.07) is 9.29. The fourth-order valence-electron chi connectivity index (χ4n) is 2.31. The summed E-state index contributed by atoms with van der Waals surface area (Å²) in [6.07, 6.45) is 5.43. The second-order valence-electron chi connectivity index (χ2n) is 5.13. The Labute approximate surface area is 165 Å². The van der Waals surface area contributed by atoms with Crippen molar-refractivity contribution >= 4 is 60.7 Å². The van der Waals surface area contributed by atoms with Crippen LogP contribution in [0.25, 0.3) is 10.2 Å². The van der Waals surface area contributed by atoms with E-state index in [0.717, 1.165) is 20.8 Å². The van der Waals surface area contributed by atoms with Gasteiger partial charge in [-0.1, -0.05) is 44.8 Å². The normalized spacial score (nSPS) is 11.5. The molecule has 0 unspecified atom stereocenters. The van der Waals surface area contributed by atoms with Gasteiger partial charge in [-0.15, -0.1) is 6.42 Å². The Morgan fingerprint density at radius 2 is 2.15 bits per heavy atom. The SMILES string of the molecule is C#CCn1c(=NC(=O)c2cc([N+](=O)[O-])ccc2Cl)sc2cc(Br)ccc21. The van der Waals surface area contributed by atoms with Gasteiger partial charge in [-0.05, 0) is 24.3 Å². The van der Waals surface area contributed by atoms with Crippen molar-refractivity contribution in [2.45, 2.75) is 6.54 Å². The molecule has 3 rings (SSSR count). The Morgan fingerprint density at radius 1 is 1.38 bits per heavy atom. The highest BCUT2D eigenvalue weighted by molar-refractivity contribution is 9.10. The molecule has 0 spiro atoms. The summed E-state index contributed by atoms with van der Waals surface area (Å²) in [7, 11) is 0. The summed E-state index contributed by atoms with van der Waals surface area (Å²) in [5.41, 5.74) is 0.573. The molecule has 0 radical (unpaired) electrons. The molecule has 6 nitrogen and oxygen atoms in total. The van der Waals surface area contributed by atoms with Crippen LogP contribution in [0, 0.1) is 22.5 Å². The van der Waals surface area contributed by atoms with E-state index in [4.69, 9.17) is 18.0 Å². The predicted octanol–water partition coefficient (Wildman–Crippen LogP) is 4.40. The lowest BCUT2D eigenvalue weighted by atomic mass is 10.2. The number of non-ortho nitro benzene ring substituents is 1. The molecule has 1 aromatic heterocycles. The molecule has 0 aliphatic heterocycles. The summed E-state index contributed by atoms with van der Waals surface area (Å²) >= 11 is 10.7. The number of halogens is 2. The van der Waals surface area contributed by atoms with Crippen molar-refractivity contribution in [1.82, 2.24) is 4.57 Å². The van der Waals surface area contributed by atoms with Crippen molar-refractivity contribution in [2.75, 3.05) is 0 Å². The fraction of sp³-hybridized carbons (Fsp3) is 0.0588. The van der Waals surface area contributed by atoms with Gasteiger partial charge in [0.25, 0.3) is 11.6 Å². The molecule has 0 fully saturated rings. The van der Waals surface area contributed by atoms with Crippen molar-refractivity contribution in [3.63, 3.8) is 0 Å². The first-order chi connectivity index (χ1) is 12.4. The third-order valence-electron chi connectivity index (χ3n) is 3.48. The number of terminal acetylenes is 1. The number of carbonyl (C=O) groups is 1. The Hall–Kier alpha value is -2.47. The van der Waals surface area contributed by atoms with E-state index in [-0.39, 0.29) is 22.8 Å². The van der Waals surface area contributed by atoms with E-state index in [2.05, 4.69) is 26.8 Å². The van der Waals surface area contributed by atoms with Crippen LogP contribution in [0.1, 0.15) is 10.4 Å². The number of benzene rings is 2. The van der Waals surface area contributed by atoms with E-state index >= 15 is 0 Å². The van der Waals surface area contributed by atoms with Crippen molar-refractivity contribution in [3.8, 4) is 12.3 Å². The van der Waals surface area contributed by atoms with Gasteiger partial charge in [0.2, 0.25) is 0 Å². The Morgan fingerprint density at radius 3 is 2.85 bits per heavy atom. The Balaban J connectivity index is 2.17. The van der Waals surface area contributed by atoms with Crippen LogP contribution in [0.4, 0.5) is 5.69 Å². The van der Waals surface area contributed by atoms with Crippen molar-refractivity contribution in [2.24, 2.45) is 4.99 Å². The number of nitrogens with zero attached hydrogens (tertiary/aromatic N) is 3. The molecule has 0 aliphatic rings. The number of thiazole rings is 1. The number of hydrogen-bond donors (Lipinski definition) is 0. The maximum Gasteiger partial charge on any atom is 0.281 e. The second kappa shape index (κ2) is 7.41. The minimum Gasteiger partial charge on any atom is -0.305 e. The molecular weight excluding hydrogens is 442 g/mol. The van der Waals surface area contributed by atoms with E-state index in [1.807, 2.05) is 18.2 Å². The molecule has 9 heteroatoms. The maximum absolute atomic E-state index is 12.6. The highest BCUT2D eigenvalue weighted by Crippen LogP contribution is 2.24. The molecule has 1 heterocycles. The number of nitro groups is 1. The number of amides is 1. The van der Waals surface area contributed by atoms with Crippen LogP contribution in [-0.4, -0.2) is 15.4 Å². The average molecular weight is 451 g/mol. The number of aromatic nitrogens is 1. The van der Waals surface area contributed by atoms with Crippen molar-refractivity contribution in [1.29, 1.82) is 0 Å². The van der Waals surface area contributed by atoms with Crippen molar-refractivity contribution in [3.05, 3.63) is 66.4 Å². The van der Waals surface area contributed by atoms with E-state index in [0.29, 0.717) is 4.80 Å². The van der Waals surface area contributed by atoms with E-state index < -0.39 is 10.8 Å². The zero-order valence-electron chi connectivity index (χ0n) is 13.0. The van der Waals surface area contributed by atoms with Crippen molar-refractivity contribution < 1.29 is 9.72 Å². The molecule has 3 aromatic rings. The molecule has 2 aromatic carbocycles. The molecule has 0 aliphatic carbocycles. The van der Waals surface area contributed by atoms with Gasteiger partial charge in [-0.3, -0.25) is 14.9 Å². The number of fused-ring (bicyclic) bond motifs is 1. The predicted molar refractivity (Wildman–Crippen MR) is 104 cm³/mol. The topological polar surface area (TPSA) is 77.5 Å². The maximum atomic E-state index is 12.6. The number of rotatable bonds is 3. The van der Waals surface area contributed by atoms with Gasteiger partial charge in [0.15, 0.2) is 4.80 Å². The Kier molecular flexibility index (Phi) is 5.23. The van der Waals surface area contributed by atoms with Crippen LogP contribution >= 0.6 is 38.9 Å². The largest absolute Gasteiger partial charge is 0.305 e. The summed E-state index contributed by atoms with van der Waals surface area (Å²) in [5.74, 6) is 1.87. The molecule has 26 heavy (non-hydrogen) atoms. The standard InChI is InChI=1S/C17H9BrClN3O3S/c1-2-7-21-14-6-3-10(18)8-15(14)26-17(21)20-16(23)12-9-11(22(24)25)4-5-13(12)19/h1,3-6,8-9H,7H2. The van der Waals surface area contributed by atoms with E-state index in [1.165, 1.54) is 23.5 Å². The summed E-state index contributed by atoms with van der Waals surface area (Å²) in [6.45, 7) is 0.233. The van der Waals surface area contributed by atoms with Gasteiger partial charge in [-0.2, -0.15) is 4.99 Å². The lowest BCUT2D eigenvalue weighted by molar-refractivity contribution is -0.384. The minimum absolute atomic E-state index is 0.0354. The molecule has 0 saturated carbocycles. The molecule has 0 bridgehead atoms. The van der Waals surface area contributed by atoms with Crippen LogP contribution in [0.5, 0.6) is 0 Å². The van der Waals surface area contributed by atoms with Crippen LogP contribution in [-0.2, 0) is 6.54 Å². The number of carbonyl (C=O) groups excluding carboxylic acids is 1. The van der Waals surface area contributed by atoms with Crippen LogP contribution < -0.4 is 4.80 Å². The molecule has 0 saturated heterocycles. The molecule has 130 valence electrons. The second-order valence-corrected chi connectivity index (χ2v) is 7.46. The van der Waals surface area contributed by atoms with Gasteiger partial charge < -0.3 is 4.57 Å². The lowest BCUT2D eigenvalue weighted by Crippen LogP contribution is -2.16. The third kappa shape index (κ3) is 3.55. The van der Waals surface area contributed by atoms with Gasteiger partial charge in [0.05, 0.1) is 32.3 Å². The van der Waals surface area contributed by atoms with Crippen LogP contribution in [0.15, 0.2) is 45.9 Å². The first kappa shape index (κ1) is 18.3. The van der Waals surface area contributed by atoms with Gasteiger partial charge in [0.1, 0.15) is 0 Å². The first-order valence-corrected chi connectivity index (χ1v) is 9.15. The van der Waals surface area contributed by atoms with Gasteiger partial charge >= 0.3 is 0 Å². The molecule has 0 N–H and O–H groups in total. The molecular formula is C17H9BrClN3O3S. The summed E-state index contributed by atoms with van der Waals surface area (Å²) in [5, 5.41) is 11.0. The van der Waals surface area contributed by atoms with Crippen LogP contribution in [0.3, 0.4) is 0 Å². The number of hydrogen-bond acceptors (Lipinski definition) is 4. The third-order valence-corrected chi connectivity index (χ3v) is 5.35. The highest BCUT2D eigenvalue weighted by Gasteiger charge is 2.16. The summed E-state index contributed by atoms with van der Waals surface area (Å²) in [4.78, 5) is 27.4. The smallest absolute Gasteiger partial charge is 0.281 e.